The molecule has 3 amide bonds. The molecule has 7 heteroatoms. The standard InChI is InChI=1S/C19H24N4O3/c1-11-15(7-8-20-11)21-9-12-3-2-4-13-14(12)10-23(19(13)26)16-5-6-17(24)22-18(16)25/h2-4,11,15-16,20-21H,5-10H2,1H3,(H,22,24,25)/t11-,15+,16?/m1/s1. The van der Waals surface area contributed by atoms with Gasteiger partial charge in [0.2, 0.25) is 11.8 Å². The fraction of sp³-hybridized carbons (Fsp3) is 0.526. The van der Waals surface area contributed by atoms with Crippen LogP contribution in [0.25, 0.3) is 0 Å². The van der Waals surface area contributed by atoms with Crippen LogP contribution in [0.4, 0.5) is 0 Å². The molecule has 3 atom stereocenters. The molecule has 3 aliphatic rings. The molecule has 3 heterocycles. The van der Waals surface area contributed by atoms with Gasteiger partial charge < -0.3 is 15.5 Å². The topological polar surface area (TPSA) is 90.5 Å². The van der Waals surface area contributed by atoms with E-state index >= 15 is 0 Å². The third kappa shape index (κ3) is 3.01. The molecule has 1 aromatic carbocycles. The number of imide groups is 1. The van der Waals surface area contributed by atoms with Gasteiger partial charge in [-0.05, 0) is 43.5 Å². The van der Waals surface area contributed by atoms with Gasteiger partial charge in [0.15, 0.2) is 0 Å². The molecule has 1 unspecified atom stereocenters. The first-order valence-electron chi connectivity index (χ1n) is 9.27. The smallest absolute Gasteiger partial charge is 0.255 e. The maximum Gasteiger partial charge on any atom is 0.255 e. The van der Waals surface area contributed by atoms with E-state index in [0.29, 0.717) is 37.2 Å². The number of nitrogens with zero attached hydrogens (tertiary/aromatic N) is 1. The van der Waals surface area contributed by atoms with Crippen molar-refractivity contribution in [3.05, 3.63) is 34.9 Å². The highest BCUT2D eigenvalue weighted by Gasteiger charge is 2.39. The van der Waals surface area contributed by atoms with Gasteiger partial charge in [0.05, 0.1) is 0 Å². The van der Waals surface area contributed by atoms with E-state index in [9.17, 15) is 14.4 Å². The number of carbonyl (C=O) groups excluding carboxylic acids is 3. The van der Waals surface area contributed by atoms with Crippen molar-refractivity contribution in [1.29, 1.82) is 0 Å². The molecule has 0 spiro atoms. The molecule has 2 fully saturated rings. The van der Waals surface area contributed by atoms with Crippen molar-refractivity contribution in [2.75, 3.05) is 6.54 Å². The highest BCUT2D eigenvalue weighted by molar-refractivity contribution is 6.05. The minimum Gasteiger partial charge on any atom is -0.322 e. The number of amides is 3. The molecular formula is C19H24N4O3. The lowest BCUT2D eigenvalue weighted by molar-refractivity contribution is -0.136. The number of benzene rings is 1. The van der Waals surface area contributed by atoms with Crippen LogP contribution in [-0.2, 0) is 22.7 Å². The Bertz CT molecular complexity index is 763. The number of nitrogens with one attached hydrogen (secondary N) is 3. The monoisotopic (exact) mass is 356 g/mol. The zero-order valence-corrected chi connectivity index (χ0v) is 14.9. The van der Waals surface area contributed by atoms with Gasteiger partial charge in [0.25, 0.3) is 5.91 Å². The van der Waals surface area contributed by atoms with Crippen molar-refractivity contribution in [1.82, 2.24) is 20.9 Å². The lowest BCUT2D eigenvalue weighted by Crippen LogP contribution is -2.52. The lowest BCUT2D eigenvalue weighted by Gasteiger charge is -2.29. The molecule has 1 aromatic rings. The van der Waals surface area contributed by atoms with Gasteiger partial charge in [0, 0.05) is 37.2 Å². The fourth-order valence-electron chi connectivity index (χ4n) is 4.19. The van der Waals surface area contributed by atoms with E-state index in [1.54, 1.807) is 4.90 Å². The summed E-state index contributed by atoms with van der Waals surface area (Å²) >= 11 is 0. The second-order valence-corrected chi connectivity index (χ2v) is 7.36. The first kappa shape index (κ1) is 17.2. The van der Waals surface area contributed by atoms with Crippen molar-refractivity contribution in [3.63, 3.8) is 0 Å². The van der Waals surface area contributed by atoms with Crippen LogP contribution in [0.1, 0.15) is 47.7 Å². The van der Waals surface area contributed by atoms with Crippen LogP contribution < -0.4 is 16.0 Å². The molecule has 7 nitrogen and oxygen atoms in total. The Morgan fingerprint density at radius 3 is 2.81 bits per heavy atom. The predicted octanol–water partition coefficient (Wildman–Crippen LogP) is 0.288. The molecule has 2 saturated heterocycles. The third-order valence-corrected chi connectivity index (χ3v) is 5.76. The van der Waals surface area contributed by atoms with Crippen molar-refractivity contribution >= 4 is 17.7 Å². The van der Waals surface area contributed by atoms with Crippen LogP contribution in [0.3, 0.4) is 0 Å². The summed E-state index contributed by atoms with van der Waals surface area (Å²) in [5, 5.41) is 9.36. The SMILES string of the molecule is C[C@H]1NCC[C@@H]1NCc1cccc2c1CN(C1CCC(=O)NC1=O)C2=O. The number of rotatable bonds is 4. The Hall–Kier alpha value is -2.25. The van der Waals surface area contributed by atoms with E-state index < -0.39 is 6.04 Å². The Morgan fingerprint density at radius 1 is 1.23 bits per heavy atom. The predicted molar refractivity (Wildman–Crippen MR) is 95.2 cm³/mol. The normalized spacial score (nSPS) is 28.4. The van der Waals surface area contributed by atoms with E-state index in [1.165, 1.54) is 0 Å². The van der Waals surface area contributed by atoms with Gasteiger partial charge in [-0.1, -0.05) is 12.1 Å². The van der Waals surface area contributed by atoms with E-state index in [0.717, 1.165) is 24.1 Å². The summed E-state index contributed by atoms with van der Waals surface area (Å²) in [6.45, 7) is 4.33. The zero-order valence-electron chi connectivity index (χ0n) is 14.9. The van der Waals surface area contributed by atoms with E-state index in [4.69, 9.17) is 0 Å². The molecule has 0 radical (unpaired) electrons. The Balaban J connectivity index is 1.50. The average Bonchev–Trinajstić information content (AvgIpc) is 3.17. The van der Waals surface area contributed by atoms with Crippen LogP contribution in [-0.4, -0.2) is 47.3 Å². The number of hydrogen-bond acceptors (Lipinski definition) is 5. The first-order chi connectivity index (χ1) is 12.5. The van der Waals surface area contributed by atoms with Crippen molar-refractivity contribution in [3.8, 4) is 0 Å². The van der Waals surface area contributed by atoms with E-state index in [2.05, 4.69) is 22.9 Å². The molecule has 26 heavy (non-hydrogen) atoms. The summed E-state index contributed by atoms with van der Waals surface area (Å²) in [7, 11) is 0. The van der Waals surface area contributed by atoms with Crippen LogP contribution in [0.15, 0.2) is 18.2 Å². The van der Waals surface area contributed by atoms with Crippen LogP contribution in [0.5, 0.6) is 0 Å². The molecule has 0 saturated carbocycles. The summed E-state index contributed by atoms with van der Waals surface area (Å²) in [6.07, 6.45) is 1.76. The second kappa shape index (κ2) is 6.81. The maximum atomic E-state index is 12.8. The van der Waals surface area contributed by atoms with Gasteiger partial charge in [-0.25, -0.2) is 0 Å². The Labute approximate surface area is 152 Å². The molecule has 0 bridgehead atoms. The summed E-state index contributed by atoms with van der Waals surface area (Å²) in [6, 6.07) is 6.07. The second-order valence-electron chi connectivity index (χ2n) is 7.36. The summed E-state index contributed by atoms with van der Waals surface area (Å²) < 4.78 is 0. The highest BCUT2D eigenvalue weighted by Crippen LogP contribution is 2.30. The van der Waals surface area contributed by atoms with Gasteiger partial charge in [-0.3, -0.25) is 19.7 Å². The van der Waals surface area contributed by atoms with Crippen LogP contribution in [0.2, 0.25) is 0 Å². The number of fused-ring (bicyclic) bond motifs is 1. The van der Waals surface area contributed by atoms with E-state index in [1.807, 2.05) is 18.2 Å². The maximum absolute atomic E-state index is 12.8. The van der Waals surface area contributed by atoms with Crippen LogP contribution in [0, 0.1) is 0 Å². The fourth-order valence-corrected chi connectivity index (χ4v) is 4.19. The lowest BCUT2D eigenvalue weighted by atomic mass is 10.0. The van der Waals surface area contributed by atoms with Crippen molar-refractivity contribution in [2.45, 2.75) is 57.4 Å². The molecule has 3 aliphatic heterocycles. The zero-order chi connectivity index (χ0) is 18.3. The minimum atomic E-state index is -0.563. The molecule has 4 rings (SSSR count). The molecule has 0 aromatic heterocycles. The van der Waals surface area contributed by atoms with Gasteiger partial charge in [-0.15, -0.1) is 0 Å². The van der Waals surface area contributed by atoms with Crippen molar-refractivity contribution < 1.29 is 14.4 Å². The number of carbonyl (C=O) groups is 3. The summed E-state index contributed by atoms with van der Waals surface area (Å²) in [5.41, 5.74) is 2.77. The highest BCUT2D eigenvalue weighted by atomic mass is 16.2. The third-order valence-electron chi connectivity index (χ3n) is 5.76. The van der Waals surface area contributed by atoms with Gasteiger partial charge >= 0.3 is 0 Å². The average molecular weight is 356 g/mol. The van der Waals surface area contributed by atoms with Crippen molar-refractivity contribution in [2.24, 2.45) is 0 Å². The Kier molecular flexibility index (Phi) is 4.50. The molecule has 138 valence electrons. The largest absolute Gasteiger partial charge is 0.322 e. The van der Waals surface area contributed by atoms with Gasteiger partial charge in [-0.2, -0.15) is 0 Å². The minimum absolute atomic E-state index is 0.118. The summed E-state index contributed by atoms with van der Waals surface area (Å²) in [4.78, 5) is 38.0. The van der Waals surface area contributed by atoms with E-state index in [-0.39, 0.29) is 24.1 Å². The molecule has 3 N–H and O–H groups in total. The van der Waals surface area contributed by atoms with Gasteiger partial charge in [0.1, 0.15) is 6.04 Å². The Morgan fingerprint density at radius 2 is 2.08 bits per heavy atom. The molecule has 0 aliphatic carbocycles. The number of piperidine rings is 1. The van der Waals surface area contributed by atoms with Crippen LogP contribution >= 0.6 is 0 Å². The molecular weight excluding hydrogens is 332 g/mol. The quantitative estimate of drug-likeness (QED) is 0.675. The summed E-state index contributed by atoms with van der Waals surface area (Å²) in [5.74, 6) is -0.750. The number of hydrogen-bond donors (Lipinski definition) is 3. The first-order valence-corrected chi connectivity index (χ1v) is 9.27.